The summed E-state index contributed by atoms with van der Waals surface area (Å²) in [5, 5.41) is 29.1. The number of urea groups is 1. The number of piperazine rings is 1. The van der Waals surface area contributed by atoms with Crippen molar-refractivity contribution >= 4 is 23.5 Å². The minimum absolute atomic E-state index is 0.0150. The number of benzene rings is 2. The summed E-state index contributed by atoms with van der Waals surface area (Å²) in [5.74, 6) is -2.17. The Hall–Kier alpha value is -4.98. The van der Waals surface area contributed by atoms with E-state index >= 15 is 0 Å². The Balaban J connectivity index is 1.35. The first-order valence-corrected chi connectivity index (χ1v) is 13.7. The molecule has 228 valence electrons. The first kappa shape index (κ1) is 31.0. The van der Waals surface area contributed by atoms with Gasteiger partial charge >= 0.3 is 11.7 Å². The van der Waals surface area contributed by atoms with Gasteiger partial charge in [-0.3, -0.25) is 29.4 Å². The minimum atomic E-state index is -1.10. The maximum Gasteiger partial charge on any atom is 0.328 e. The summed E-state index contributed by atoms with van der Waals surface area (Å²) in [5.41, 5.74) is 5.56. The maximum absolute atomic E-state index is 13.5. The second-order valence-electron chi connectivity index (χ2n) is 10.6. The number of aromatic hydroxyl groups is 2. The number of anilines is 1. The number of nitrogens with one attached hydrogen (secondary N) is 2. The molecule has 4 rings (SSSR count). The summed E-state index contributed by atoms with van der Waals surface area (Å²) in [7, 11) is 0. The zero-order chi connectivity index (χ0) is 31.4. The van der Waals surface area contributed by atoms with Gasteiger partial charge in [0.25, 0.3) is 5.56 Å². The van der Waals surface area contributed by atoms with Gasteiger partial charge in [-0.05, 0) is 35.2 Å². The number of rotatable bonds is 8. The molecule has 1 aliphatic heterocycles. The lowest BCUT2D eigenvalue weighted by atomic mass is 9.98. The number of hydrogen-bond donors (Lipinski definition) is 5. The average molecular weight is 596 g/mol. The minimum Gasteiger partial charge on any atom is -0.508 e. The number of aryl methyl sites for hydroxylation is 1. The highest BCUT2D eigenvalue weighted by atomic mass is 19.1. The Morgan fingerprint density at radius 2 is 1.72 bits per heavy atom. The second-order valence-corrected chi connectivity index (χ2v) is 10.6. The third kappa shape index (κ3) is 7.09. The smallest absolute Gasteiger partial charge is 0.328 e. The zero-order valence-corrected chi connectivity index (χ0v) is 23.8. The monoisotopic (exact) mass is 595 g/mol. The number of nitrogens with zero attached hydrogens (tertiary/aromatic N) is 4. The van der Waals surface area contributed by atoms with Crippen molar-refractivity contribution in [2.75, 3.05) is 31.1 Å². The van der Waals surface area contributed by atoms with Crippen molar-refractivity contribution in [2.45, 2.75) is 39.3 Å². The Kier molecular flexibility index (Phi) is 9.29. The lowest BCUT2D eigenvalue weighted by Gasteiger charge is -2.35. The van der Waals surface area contributed by atoms with E-state index in [1.165, 1.54) is 6.07 Å². The summed E-state index contributed by atoms with van der Waals surface area (Å²) in [6.07, 6.45) is 0.780. The van der Waals surface area contributed by atoms with Gasteiger partial charge in [0.15, 0.2) is 0 Å². The Labute approximate surface area is 246 Å². The van der Waals surface area contributed by atoms with Gasteiger partial charge in [-0.25, -0.2) is 14.5 Å². The van der Waals surface area contributed by atoms with Crippen LogP contribution in [0.1, 0.15) is 42.9 Å². The van der Waals surface area contributed by atoms with E-state index in [1.807, 2.05) is 18.8 Å². The highest BCUT2D eigenvalue weighted by molar-refractivity contribution is 6.22. The summed E-state index contributed by atoms with van der Waals surface area (Å²) < 4.78 is 14.4. The average Bonchev–Trinajstić information content (AvgIpc) is 2.95. The van der Waals surface area contributed by atoms with E-state index in [2.05, 4.69) is 4.90 Å². The Bertz CT molecular complexity index is 1640. The molecule has 14 heteroatoms. The van der Waals surface area contributed by atoms with E-state index < -0.39 is 23.1 Å². The van der Waals surface area contributed by atoms with Crippen molar-refractivity contribution in [3.63, 3.8) is 0 Å². The van der Waals surface area contributed by atoms with Gasteiger partial charge in [-0.2, -0.15) is 4.39 Å². The van der Waals surface area contributed by atoms with Crippen LogP contribution in [0, 0.1) is 11.2 Å². The molecule has 0 atom stereocenters. The van der Waals surface area contributed by atoms with Crippen molar-refractivity contribution in [2.24, 2.45) is 5.73 Å². The second kappa shape index (κ2) is 12.9. The van der Waals surface area contributed by atoms with Crippen molar-refractivity contribution in [3.8, 4) is 11.5 Å². The summed E-state index contributed by atoms with van der Waals surface area (Å²) >= 11 is 0. The van der Waals surface area contributed by atoms with Gasteiger partial charge in [0.2, 0.25) is 11.7 Å². The molecule has 6 N–H and O–H groups in total. The van der Waals surface area contributed by atoms with Crippen LogP contribution in [-0.4, -0.2) is 73.5 Å². The number of aromatic amines is 1. The SMILES string of the molecule is CC(C)c1cc(C(=N)N(C(N)=O)c2ccc(CN3CCN(C(=O)CCn4cc(F)c(=O)[nH]c4=O)CC3)cc2)c(O)cc1O. The van der Waals surface area contributed by atoms with Gasteiger partial charge in [-0.1, -0.05) is 26.0 Å². The molecular formula is C29H34FN7O6. The van der Waals surface area contributed by atoms with Crippen LogP contribution in [0.25, 0.3) is 0 Å². The number of H-pyrrole nitrogens is 1. The van der Waals surface area contributed by atoms with Crippen molar-refractivity contribution in [3.05, 3.63) is 85.9 Å². The molecule has 0 bridgehead atoms. The number of carbonyl (C=O) groups excluding carboxylic acids is 2. The molecule has 0 radical (unpaired) electrons. The number of carbonyl (C=O) groups is 2. The van der Waals surface area contributed by atoms with E-state index in [1.54, 1.807) is 29.2 Å². The van der Waals surface area contributed by atoms with E-state index in [9.17, 15) is 33.8 Å². The fourth-order valence-corrected chi connectivity index (χ4v) is 4.92. The zero-order valence-electron chi connectivity index (χ0n) is 23.8. The maximum atomic E-state index is 13.5. The Morgan fingerprint density at radius 3 is 2.33 bits per heavy atom. The number of halogens is 1. The van der Waals surface area contributed by atoms with Crippen molar-refractivity contribution in [1.29, 1.82) is 5.41 Å². The third-order valence-electron chi connectivity index (χ3n) is 7.33. The number of amidine groups is 1. The van der Waals surface area contributed by atoms with Crippen LogP contribution in [0.5, 0.6) is 11.5 Å². The van der Waals surface area contributed by atoms with Crippen LogP contribution >= 0.6 is 0 Å². The van der Waals surface area contributed by atoms with Crippen molar-refractivity contribution in [1.82, 2.24) is 19.4 Å². The molecule has 1 fully saturated rings. The fourth-order valence-electron chi connectivity index (χ4n) is 4.92. The molecule has 1 saturated heterocycles. The third-order valence-corrected chi connectivity index (χ3v) is 7.33. The van der Waals surface area contributed by atoms with Crippen LogP contribution in [0.2, 0.25) is 0 Å². The lowest BCUT2D eigenvalue weighted by molar-refractivity contribution is -0.133. The van der Waals surface area contributed by atoms with Crippen LogP contribution in [0.3, 0.4) is 0 Å². The van der Waals surface area contributed by atoms with Gasteiger partial charge in [-0.15, -0.1) is 0 Å². The number of amides is 3. The lowest BCUT2D eigenvalue weighted by Crippen LogP contribution is -2.48. The Morgan fingerprint density at radius 1 is 1.07 bits per heavy atom. The van der Waals surface area contributed by atoms with E-state index in [0.717, 1.165) is 27.3 Å². The number of phenolic OH excluding ortho intramolecular Hbond substituents is 2. The molecule has 0 saturated carbocycles. The van der Waals surface area contributed by atoms with E-state index in [0.29, 0.717) is 44.0 Å². The fraction of sp³-hybridized carbons (Fsp3) is 0.345. The quantitative estimate of drug-likeness (QED) is 0.194. The van der Waals surface area contributed by atoms with Crippen LogP contribution in [-0.2, 0) is 17.9 Å². The standard InChI is InChI=1S/C29H34FN7O6/c1-17(2)20-13-21(24(39)14-23(20)38)26(31)37(28(32)42)19-5-3-18(4-6-19)15-34-9-11-35(12-10-34)25(40)7-8-36-16-22(30)27(41)33-29(36)43/h3-6,13-14,16-17,31,38-39H,7-12,15H2,1-2H3,(H2,32,42)(H,33,41,43). The first-order chi connectivity index (χ1) is 20.3. The first-order valence-electron chi connectivity index (χ1n) is 13.7. The molecule has 3 amide bonds. The summed E-state index contributed by atoms with van der Waals surface area (Å²) in [4.78, 5) is 54.6. The highest BCUT2D eigenvalue weighted by Gasteiger charge is 2.25. The molecule has 3 aromatic rings. The summed E-state index contributed by atoms with van der Waals surface area (Å²) in [6, 6.07) is 8.60. The van der Waals surface area contributed by atoms with Gasteiger partial charge in [0.1, 0.15) is 17.3 Å². The predicted molar refractivity (Wildman–Crippen MR) is 157 cm³/mol. The van der Waals surface area contributed by atoms with E-state index in [-0.39, 0.29) is 47.7 Å². The number of phenols is 2. The molecule has 1 aliphatic rings. The molecule has 0 spiro atoms. The van der Waals surface area contributed by atoms with Gasteiger partial charge in [0.05, 0.1) is 17.4 Å². The van der Waals surface area contributed by atoms with Gasteiger partial charge < -0.3 is 20.8 Å². The van der Waals surface area contributed by atoms with Crippen LogP contribution in [0.15, 0.2) is 52.2 Å². The highest BCUT2D eigenvalue weighted by Crippen LogP contribution is 2.33. The normalized spacial score (nSPS) is 13.7. The largest absolute Gasteiger partial charge is 0.508 e. The number of aromatic nitrogens is 2. The van der Waals surface area contributed by atoms with Crippen LogP contribution < -0.4 is 21.9 Å². The molecule has 13 nitrogen and oxygen atoms in total. The predicted octanol–water partition coefficient (Wildman–Crippen LogP) is 1.86. The molecule has 2 heterocycles. The molecule has 1 aromatic heterocycles. The van der Waals surface area contributed by atoms with Gasteiger partial charge in [0, 0.05) is 51.8 Å². The van der Waals surface area contributed by atoms with Crippen molar-refractivity contribution < 1.29 is 24.2 Å². The molecule has 2 aromatic carbocycles. The molecular weight excluding hydrogens is 561 g/mol. The number of primary amides is 1. The summed E-state index contributed by atoms with van der Waals surface area (Å²) in [6.45, 7) is 6.34. The molecule has 0 unspecified atom stereocenters. The molecule has 43 heavy (non-hydrogen) atoms. The topological polar surface area (TPSA) is 189 Å². The van der Waals surface area contributed by atoms with E-state index in [4.69, 9.17) is 11.1 Å². The molecule has 0 aliphatic carbocycles. The van der Waals surface area contributed by atoms with Crippen LogP contribution in [0.4, 0.5) is 14.9 Å². The number of nitrogens with two attached hydrogens (primary N) is 1. The number of hydrogen-bond acceptors (Lipinski definition) is 8.